The highest BCUT2D eigenvalue weighted by molar-refractivity contribution is 7.89. The average Bonchev–Trinajstić information content (AvgIpc) is 3.17. The molecule has 1 heterocycles. The SMILES string of the molecule is Cc1cc(C)cc(NC(=O)CN(C)S(=O)(=O)c2ccc3nc(-c4ccccc4)[nH]c3c2)c1. The molecule has 0 fully saturated rings. The smallest absolute Gasteiger partial charge is 0.243 e. The monoisotopic (exact) mass is 448 g/mol. The Labute approximate surface area is 187 Å². The molecular weight excluding hydrogens is 424 g/mol. The summed E-state index contributed by atoms with van der Waals surface area (Å²) in [5, 5.41) is 2.77. The van der Waals surface area contributed by atoms with E-state index in [0.29, 0.717) is 22.5 Å². The normalized spacial score (nSPS) is 11.8. The first-order chi connectivity index (χ1) is 15.2. The van der Waals surface area contributed by atoms with Gasteiger partial charge in [-0.2, -0.15) is 4.31 Å². The van der Waals surface area contributed by atoms with Crippen molar-refractivity contribution in [1.82, 2.24) is 14.3 Å². The number of imidazole rings is 1. The minimum atomic E-state index is -3.86. The number of aryl methyl sites for hydroxylation is 2. The quantitative estimate of drug-likeness (QED) is 0.464. The zero-order valence-corrected chi connectivity index (χ0v) is 18.9. The number of carbonyl (C=O) groups excluding carboxylic acids is 1. The molecule has 1 aromatic heterocycles. The van der Waals surface area contributed by atoms with Crippen LogP contribution in [-0.2, 0) is 14.8 Å². The third kappa shape index (κ3) is 4.56. The number of anilines is 1. The molecule has 4 aromatic rings. The molecule has 0 aliphatic heterocycles. The number of benzene rings is 3. The topological polar surface area (TPSA) is 95.2 Å². The summed E-state index contributed by atoms with van der Waals surface area (Å²) in [6.07, 6.45) is 0. The highest BCUT2D eigenvalue weighted by Gasteiger charge is 2.24. The highest BCUT2D eigenvalue weighted by Crippen LogP contribution is 2.24. The first kappa shape index (κ1) is 21.7. The average molecular weight is 449 g/mol. The Morgan fingerprint density at radius 1 is 1.00 bits per heavy atom. The van der Waals surface area contributed by atoms with E-state index >= 15 is 0 Å². The lowest BCUT2D eigenvalue weighted by Gasteiger charge is -2.17. The van der Waals surface area contributed by atoms with Crippen LogP contribution < -0.4 is 5.32 Å². The molecule has 8 heteroatoms. The van der Waals surface area contributed by atoms with E-state index in [1.165, 1.54) is 13.1 Å². The number of nitrogens with zero attached hydrogens (tertiary/aromatic N) is 2. The molecule has 3 aromatic carbocycles. The van der Waals surface area contributed by atoms with Gasteiger partial charge < -0.3 is 10.3 Å². The van der Waals surface area contributed by atoms with E-state index in [1.54, 1.807) is 12.1 Å². The van der Waals surface area contributed by atoms with Crippen molar-refractivity contribution in [3.8, 4) is 11.4 Å². The third-order valence-corrected chi connectivity index (χ3v) is 6.88. The first-order valence-corrected chi connectivity index (χ1v) is 11.6. The van der Waals surface area contributed by atoms with Crippen molar-refractivity contribution >= 4 is 32.7 Å². The van der Waals surface area contributed by atoms with Gasteiger partial charge in [0.25, 0.3) is 0 Å². The fourth-order valence-electron chi connectivity index (χ4n) is 3.60. The number of hydrogen-bond acceptors (Lipinski definition) is 4. The summed E-state index contributed by atoms with van der Waals surface area (Å²) in [5.41, 5.74) is 4.86. The van der Waals surface area contributed by atoms with Gasteiger partial charge in [-0.1, -0.05) is 36.4 Å². The number of H-pyrrole nitrogens is 1. The van der Waals surface area contributed by atoms with E-state index in [2.05, 4.69) is 15.3 Å². The summed E-state index contributed by atoms with van der Waals surface area (Å²) >= 11 is 0. The summed E-state index contributed by atoms with van der Waals surface area (Å²) in [4.78, 5) is 20.3. The molecule has 0 atom stereocenters. The predicted molar refractivity (Wildman–Crippen MR) is 126 cm³/mol. The summed E-state index contributed by atoms with van der Waals surface area (Å²) in [6, 6.07) is 20.0. The van der Waals surface area contributed by atoms with Crippen LogP contribution in [0.2, 0.25) is 0 Å². The molecule has 1 amide bonds. The van der Waals surface area contributed by atoms with Crippen LogP contribution in [0.15, 0.2) is 71.6 Å². The molecular formula is C24H24N4O3S. The summed E-state index contributed by atoms with van der Waals surface area (Å²) in [6.45, 7) is 3.58. The molecule has 32 heavy (non-hydrogen) atoms. The number of carbonyl (C=O) groups is 1. The van der Waals surface area contributed by atoms with Crippen molar-refractivity contribution in [3.63, 3.8) is 0 Å². The second-order valence-electron chi connectivity index (χ2n) is 7.82. The second kappa shape index (κ2) is 8.57. The number of nitrogens with one attached hydrogen (secondary N) is 2. The predicted octanol–water partition coefficient (Wildman–Crippen LogP) is 4.11. The van der Waals surface area contributed by atoms with Crippen LogP contribution in [0.4, 0.5) is 5.69 Å². The van der Waals surface area contributed by atoms with Crippen LogP contribution in [-0.4, -0.2) is 42.2 Å². The summed E-state index contributed by atoms with van der Waals surface area (Å²) in [7, 11) is -2.47. The molecule has 0 saturated carbocycles. The Balaban J connectivity index is 1.53. The van der Waals surface area contributed by atoms with Crippen molar-refractivity contribution in [2.45, 2.75) is 18.7 Å². The number of hydrogen-bond donors (Lipinski definition) is 2. The van der Waals surface area contributed by atoms with Gasteiger partial charge in [-0.05, 0) is 55.3 Å². The van der Waals surface area contributed by atoms with Crippen LogP contribution in [0.25, 0.3) is 22.4 Å². The Hall–Kier alpha value is -3.49. The molecule has 0 spiro atoms. The highest BCUT2D eigenvalue weighted by atomic mass is 32.2. The summed E-state index contributed by atoms with van der Waals surface area (Å²) < 4.78 is 27.2. The van der Waals surface area contributed by atoms with Gasteiger partial charge in [-0.25, -0.2) is 13.4 Å². The molecule has 0 aliphatic carbocycles. The van der Waals surface area contributed by atoms with Gasteiger partial charge in [0.05, 0.1) is 22.5 Å². The van der Waals surface area contributed by atoms with Crippen molar-refractivity contribution in [1.29, 1.82) is 0 Å². The number of sulfonamides is 1. The van der Waals surface area contributed by atoms with Crippen LogP contribution in [0.3, 0.4) is 0 Å². The van der Waals surface area contributed by atoms with Gasteiger partial charge in [-0.3, -0.25) is 4.79 Å². The molecule has 7 nitrogen and oxygen atoms in total. The van der Waals surface area contributed by atoms with Crippen molar-refractivity contribution in [2.75, 3.05) is 18.9 Å². The lowest BCUT2D eigenvalue weighted by Crippen LogP contribution is -2.35. The first-order valence-electron chi connectivity index (χ1n) is 10.1. The number of aromatic nitrogens is 2. The maximum atomic E-state index is 13.1. The van der Waals surface area contributed by atoms with E-state index in [1.807, 2.05) is 62.4 Å². The van der Waals surface area contributed by atoms with Gasteiger partial charge in [0, 0.05) is 18.3 Å². The van der Waals surface area contributed by atoms with Gasteiger partial charge in [-0.15, -0.1) is 0 Å². The van der Waals surface area contributed by atoms with Crippen LogP contribution in [0, 0.1) is 13.8 Å². The van der Waals surface area contributed by atoms with Gasteiger partial charge in [0.2, 0.25) is 15.9 Å². The molecule has 0 bridgehead atoms. The Morgan fingerprint density at radius 3 is 2.38 bits per heavy atom. The van der Waals surface area contributed by atoms with Crippen molar-refractivity contribution < 1.29 is 13.2 Å². The minimum Gasteiger partial charge on any atom is -0.338 e. The lowest BCUT2D eigenvalue weighted by molar-refractivity contribution is -0.116. The van der Waals surface area contributed by atoms with E-state index < -0.39 is 15.9 Å². The standard InChI is InChI=1S/C24H24N4O3S/c1-16-11-17(2)13-19(12-16)25-23(29)15-28(3)32(30,31)20-9-10-21-22(14-20)27-24(26-21)18-7-5-4-6-8-18/h4-14H,15H2,1-3H3,(H,25,29)(H,26,27). The molecule has 164 valence electrons. The van der Waals surface area contributed by atoms with E-state index in [9.17, 15) is 13.2 Å². The maximum Gasteiger partial charge on any atom is 0.243 e. The second-order valence-corrected chi connectivity index (χ2v) is 9.86. The van der Waals surface area contributed by atoms with Crippen molar-refractivity contribution in [2.24, 2.45) is 0 Å². The van der Waals surface area contributed by atoms with Crippen LogP contribution in [0.1, 0.15) is 11.1 Å². The maximum absolute atomic E-state index is 13.1. The van der Waals surface area contributed by atoms with Gasteiger partial charge >= 0.3 is 0 Å². The molecule has 2 N–H and O–H groups in total. The zero-order chi connectivity index (χ0) is 22.9. The van der Waals surface area contributed by atoms with Crippen LogP contribution in [0.5, 0.6) is 0 Å². The fourth-order valence-corrected chi connectivity index (χ4v) is 4.75. The largest absolute Gasteiger partial charge is 0.338 e. The Morgan fingerprint density at radius 2 is 1.69 bits per heavy atom. The fraction of sp³-hybridized carbons (Fsp3) is 0.167. The zero-order valence-electron chi connectivity index (χ0n) is 18.1. The Kier molecular flexibility index (Phi) is 5.82. The van der Waals surface area contributed by atoms with Gasteiger partial charge in [0.15, 0.2) is 0 Å². The van der Waals surface area contributed by atoms with Crippen molar-refractivity contribution in [3.05, 3.63) is 77.9 Å². The van der Waals surface area contributed by atoms with Gasteiger partial charge in [0.1, 0.15) is 5.82 Å². The lowest BCUT2D eigenvalue weighted by atomic mass is 10.1. The Bertz CT molecular complexity index is 1380. The van der Waals surface area contributed by atoms with Crippen LogP contribution >= 0.6 is 0 Å². The number of likely N-dealkylation sites (N-methyl/N-ethyl adjacent to an activating group) is 1. The summed E-state index contributed by atoms with van der Waals surface area (Å²) in [5.74, 6) is 0.256. The minimum absolute atomic E-state index is 0.0926. The number of fused-ring (bicyclic) bond motifs is 1. The van der Waals surface area contributed by atoms with E-state index in [4.69, 9.17) is 0 Å². The molecule has 0 radical (unpaired) electrons. The number of amides is 1. The number of aromatic amines is 1. The molecule has 4 rings (SSSR count). The third-order valence-electron chi connectivity index (χ3n) is 5.08. The number of rotatable bonds is 6. The van der Waals surface area contributed by atoms with E-state index in [-0.39, 0.29) is 11.4 Å². The van der Waals surface area contributed by atoms with E-state index in [0.717, 1.165) is 21.0 Å². The molecule has 0 aliphatic rings. The molecule has 0 unspecified atom stereocenters. The molecule has 0 saturated heterocycles.